The molecule has 9 saturated carbocycles. The highest BCUT2D eigenvalue weighted by atomic mass is 16.7. The van der Waals surface area contributed by atoms with E-state index >= 15 is 0 Å². The number of carboxylic acids is 1. The first-order chi connectivity index (χ1) is 37.6. The summed E-state index contributed by atoms with van der Waals surface area (Å²) in [6.07, 6.45) is 18.8. The van der Waals surface area contributed by atoms with Crippen molar-refractivity contribution in [2.45, 2.75) is 259 Å². The fourth-order valence-corrected chi connectivity index (χ4v) is 16.7. The van der Waals surface area contributed by atoms with Crippen LogP contribution in [0.15, 0.2) is 0 Å². The molecule has 80 heavy (non-hydrogen) atoms. The standard InChI is InChI=1S/C20H32O2.C16H26O6.C15H24O3.C13H18O5/c1-5-19(3,4)18(21)22-20(6-2)11-14-10-15(20)17-13-8-7-12(9-13)16(14)17;1-4-16(2,3)15(20)22-10-9-21-14(19)12-8-6-5-7-11(12)13(17)18;1-3-10(2)13(16)18-15-7-11-4-12(8-15)6-14(17,5-11)9-15;1-4-13(2,3)12(15)18-9-7-5-6-8(16-7)10(9)17-11(6)14/h12-17H,5-11H2,1-4H3;11-12H,4-10H2,1-3H3,(H,17,18);10-12,17H,3-9H2,1-2H3;6-10H,4-5H2,1-3H3. The largest absolute Gasteiger partial charge is 0.481 e. The summed E-state index contributed by atoms with van der Waals surface area (Å²) < 4.78 is 38.8. The van der Waals surface area contributed by atoms with E-state index in [1.807, 2.05) is 55.4 Å². The van der Waals surface area contributed by atoms with Gasteiger partial charge in [-0.25, -0.2) is 0 Å². The van der Waals surface area contributed by atoms with Gasteiger partial charge in [-0.05, 0) is 199 Å². The first-order valence-corrected chi connectivity index (χ1v) is 31.4. The van der Waals surface area contributed by atoms with Gasteiger partial charge in [-0.2, -0.15) is 0 Å². The fraction of sp³-hybridized carbons (Fsp3) is 0.891. The Labute approximate surface area is 476 Å². The summed E-state index contributed by atoms with van der Waals surface area (Å²) in [4.78, 5) is 83.3. The Morgan fingerprint density at radius 2 is 1.25 bits per heavy atom. The molecule has 0 radical (unpaired) electrons. The lowest BCUT2D eigenvalue weighted by Crippen LogP contribution is -2.60. The van der Waals surface area contributed by atoms with E-state index in [2.05, 4.69) is 13.8 Å². The first-order valence-electron chi connectivity index (χ1n) is 31.4. The molecule has 2 N–H and O–H groups in total. The molecule has 3 saturated heterocycles. The van der Waals surface area contributed by atoms with Crippen LogP contribution in [0, 0.1) is 87.3 Å². The van der Waals surface area contributed by atoms with E-state index in [1.54, 1.807) is 13.8 Å². The van der Waals surface area contributed by atoms with Crippen LogP contribution in [0.25, 0.3) is 0 Å². The number of rotatable bonds is 17. The van der Waals surface area contributed by atoms with Crippen molar-refractivity contribution in [1.29, 1.82) is 0 Å². The van der Waals surface area contributed by atoms with Crippen LogP contribution in [-0.4, -0.2) is 106 Å². The normalized spacial score (nSPS) is 39.3. The SMILES string of the molecule is CCC(C)(C)C(=O)OC1(CC)CC2CC1C1C3CCC(C3)C21.CCC(C)(C)C(=O)OC1C2CC3C(=O)OC1C3O2.CCC(C)(C)C(=O)OCCOC(=O)C1CCCCC1C(=O)O.CCC(C)C(=O)OC12CC3CC(CC(O)(C3)C1)C2. The topological polar surface area (TPSA) is 225 Å². The summed E-state index contributed by atoms with van der Waals surface area (Å²) >= 11 is 0. The smallest absolute Gasteiger partial charge is 0.312 e. The van der Waals surface area contributed by atoms with Gasteiger partial charge in [0, 0.05) is 12.3 Å². The molecule has 0 spiro atoms. The average molecular weight is 1130 g/mol. The van der Waals surface area contributed by atoms with Crippen molar-refractivity contribution in [1.82, 2.24) is 0 Å². The molecule has 17 atom stereocenters. The lowest BCUT2D eigenvalue weighted by molar-refractivity contribution is -0.222. The third-order valence-corrected chi connectivity index (χ3v) is 22.4. The summed E-state index contributed by atoms with van der Waals surface area (Å²) in [6.45, 7) is 23.4. The predicted octanol–water partition coefficient (Wildman–Crippen LogP) is 10.9. The number of esters is 6. The lowest BCUT2D eigenvalue weighted by atomic mass is 9.52. The minimum absolute atomic E-state index is 0.00153. The predicted molar refractivity (Wildman–Crippen MR) is 295 cm³/mol. The van der Waals surface area contributed by atoms with Crippen molar-refractivity contribution in [3.05, 3.63) is 0 Å². The Kier molecular flexibility index (Phi) is 18.7. The van der Waals surface area contributed by atoms with Gasteiger partial charge in [-0.3, -0.25) is 33.6 Å². The second-order valence-electron chi connectivity index (χ2n) is 28.8. The third-order valence-electron chi connectivity index (χ3n) is 22.4. The van der Waals surface area contributed by atoms with Crippen LogP contribution < -0.4 is 0 Å². The second-order valence-corrected chi connectivity index (χ2v) is 28.8. The maximum atomic E-state index is 12.7. The maximum absolute atomic E-state index is 12.7. The molecule has 12 aliphatic rings. The summed E-state index contributed by atoms with van der Waals surface area (Å²) in [5.41, 5.74) is -2.40. The van der Waals surface area contributed by atoms with E-state index in [1.165, 1.54) is 32.1 Å². The average Bonchev–Trinajstić information content (AvgIpc) is 4.35. The zero-order valence-electron chi connectivity index (χ0n) is 50.6. The molecular weight excluding hydrogens is 1020 g/mol. The molecule has 0 aromatic carbocycles. The van der Waals surface area contributed by atoms with Gasteiger partial charge in [0.25, 0.3) is 0 Å². The van der Waals surface area contributed by atoms with Crippen LogP contribution in [0.4, 0.5) is 0 Å². The van der Waals surface area contributed by atoms with Gasteiger partial charge < -0.3 is 43.4 Å². The van der Waals surface area contributed by atoms with Crippen LogP contribution >= 0.6 is 0 Å². The highest BCUT2D eigenvalue weighted by Crippen LogP contribution is 2.71. The molecule has 3 aliphatic heterocycles. The number of fused-ring (bicyclic) bond motifs is 10. The van der Waals surface area contributed by atoms with Gasteiger partial charge in [0.1, 0.15) is 30.5 Å². The number of carbonyl (C=O) groups excluding carboxylic acids is 6. The Morgan fingerprint density at radius 3 is 1.84 bits per heavy atom. The van der Waals surface area contributed by atoms with E-state index in [0.29, 0.717) is 56.3 Å². The zero-order chi connectivity index (χ0) is 58.5. The minimum atomic E-state index is -0.947. The van der Waals surface area contributed by atoms with E-state index < -0.39 is 52.4 Å². The van der Waals surface area contributed by atoms with E-state index in [0.717, 1.165) is 93.8 Å². The Morgan fingerprint density at radius 1 is 0.662 bits per heavy atom. The van der Waals surface area contributed by atoms with Crippen molar-refractivity contribution < 1.29 is 76.9 Å². The molecule has 452 valence electrons. The maximum Gasteiger partial charge on any atom is 0.312 e. The van der Waals surface area contributed by atoms with Crippen LogP contribution in [0.5, 0.6) is 0 Å². The van der Waals surface area contributed by atoms with Crippen LogP contribution in [0.3, 0.4) is 0 Å². The van der Waals surface area contributed by atoms with Crippen molar-refractivity contribution in [3.8, 4) is 0 Å². The van der Waals surface area contributed by atoms with Crippen molar-refractivity contribution in [3.63, 3.8) is 0 Å². The van der Waals surface area contributed by atoms with Crippen LogP contribution in [-0.2, 0) is 66.7 Å². The van der Waals surface area contributed by atoms with E-state index in [9.17, 15) is 38.7 Å². The molecule has 0 aromatic rings. The Balaban J connectivity index is 0.000000141. The van der Waals surface area contributed by atoms with Crippen LogP contribution in [0.2, 0.25) is 0 Å². The molecule has 3 heterocycles. The highest BCUT2D eigenvalue weighted by Gasteiger charge is 2.69. The zero-order valence-corrected chi connectivity index (χ0v) is 50.6. The summed E-state index contributed by atoms with van der Waals surface area (Å²) in [5, 5.41) is 19.7. The third kappa shape index (κ3) is 12.5. The van der Waals surface area contributed by atoms with Gasteiger partial charge in [0.15, 0.2) is 12.2 Å². The molecule has 0 amide bonds. The van der Waals surface area contributed by atoms with Gasteiger partial charge in [0.05, 0.1) is 51.6 Å². The monoisotopic (exact) mass is 1120 g/mol. The van der Waals surface area contributed by atoms with E-state index in [4.69, 9.17) is 38.3 Å². The van der Waals surface area contributed by atoms with Crippen molar-refractivity contribution in [2.75, 3.05) is 13.2 Å². The quantitative estimate of drug-likeness (QED) is 0.0598. The van der Waals surface area contributed by atoms with E-state index in [-0.39, 0.29) is 83.7 Å². The van der Waals surface area contributed by atoms with Gasteiger partial charge in [-0.15, -0.1) is 0 Å². The van der Waals surface area contributed by atoms with Crippen molar-refractivity contribution >= 4 is 41.8 Å². The number of ether oxygens (including phenoxy) is 7. The molecule has 16 nitrogen and oxygen atoms in total. The van der Waals surface area contributed by atoms with Gasteiger partial charge in [0.2, 0.25) is 0 Å². The molecule has 17 unspecified atom stereocenters. The number of aliphatic hydroxyl groups is 1. The van der Waals surface area contributed by atoms with Gasteiger partial charge >= 0.3 is 41.8 Å². The number of carbonyl (C=O) groups is 7. The summed E-state index contributed by atoms with van der Waals surface area (Å²) in [6, 6.07) is 0. The molecule has 16 heteroatoms. The number of carboxylic acid groups (broad SMARTS) is 1. The fourth-order valence-electron chi connectivity index (χ4n) is 16.7. The molecule has 10 bridgehead atoms. The lowest BCUT2D eigenvalue weighted by Gasteiger charge is -2.59. The molecular formula is C64H100O16. The number of hydrogen-bond acceptors (Lipinski definition) is 15. The molecule has 9 aliphatic carbocycles. The number of aliphatic carboxylic acids is 1. The Bertz CT molecular complexity index is 2270. The summed E-state index contributed by atoms with van der Waals surface area (Å²) in [5.74, 6) is 2.83. The molecule has 0 aromatic heterocycles. The molecule has 12 fully saturated rings. The van der Waals surface area contributed by atoms with Crippen LogP contribution in [0.1, 0.15) is 218 Å². The first kappa shape index (κ1) is 62.3. The number of hydrogen-bond donors (Lipinski definition) is 2. The second kappa shape index (κ2) is 24.1. The molecule has 12 rings (SSSR count). The summed E-state index contributed by atoms with van der Waals surface area (Å²) in [7, 11) is 0. The van der Waals surface area contributed by atoms with Crippen molar-refractivity contribution in [2.24, 2.45) is 87.3 Å². The highest BCUT2D eigenvalue weighted by molar-refractivity contribution is 5.82. The van der Waals surface area contributed by atoms with Gasteiger partial charge in [-0.1, -0.05) is 54.4 Å². The minimum Gasteiger partial charge on any atom is -0.481 e. The Hall–Kier alpha value is -3.79.